The van der Waals surface area contributed by atoms with Gasteiger partial charge in [-0.1, -0.05) is 32.4 Å². The highest BCUT2D eigenvalue weighted by Crippen LogP contribution is 2.35. The average molecular weight is 536 g/mol. The first-order valence-electron chi connectivity index (χ1n) is 12.4. The molecule has 1 aliphatic rings. The van der Waals surface area contributed by atoms with Gasteiger partial charge in [-0.3, -0.25) is 9.36 Å². The zero-order valence-corrected chi connectivity index (χ0v) is 21.8. The quantitative estimate of drug-likeness (QED) is 0.285. The molecule has 2 aromatic heterocycles. The molecule has 0 radical (unpaired) electrons. The molecule has 5 N–H and O–H groups in total. The summed E-state index contributed by atoms with van der Waals surface area (Å²) in [5, 5.41) is 15.9. The van der Waals surface area contributed by atoms with Crippen LogP contribution in [0.5, 0.6) is 0 Å². The summed E-state index contributed by atoms with van der Waals surface area (Å²) in [5.41, 5.74) is 5.35. The lowest BCUT2D eigenvalue weighted by atomic mass is 9.85. The van der Waals surface area contributed by atoms with E-state index in [9.17, 15) is 18.7 Å². The Hall–Kier alpha value is -3.05. The second kappa shape index (κ2) is 10.7. The molecule has 200 valence electrons. The number of benzene rings is 1. The van der Waals surface area contributed by atoms with Crippen LogP contribution in [0.25, 0.3) is 11.2 Å². The van der Waals surface area contributed by atoms with Crippen LogP contribution < -0.4 is 16.4 Å². The van der Waals surface area contributed by atoms with Gasteiger partial charge in [-0.05, 0) is 50.7 Å². The lowest BCUT2D eigenvalue weighted by Crippen LogP contribution is -2.32. The Morgan fingerprint density at radius 3 is 2.59 bits per heavy atom. The number of nitrogens with two attached hydrogens (primary N) is 1. The normalized spacial score (nSPS) is 18.8. The average Bonchev–Trinajstić information content (AvgIpc) is 3.39. The fraction of sp³-hybridized carbons (Fsp3) is 0.520. The summed E-state index contributed by atoms with van der Waals surface area (Å²) in [6, 6.07) is 1.85. The second-order valence-corrected chi connectivity index (χ2v) is 10.7. The first-order chi connectivity index (χ1) is 17.5. The molecule has 9 nitrogen and oxygen atoms in total. The number of amides is 1. The second-order valence-electron chi connectivity index (χ2n) is 10.2. The Kier molecular flexibility index (Phi) is 7.84. The van der Waals surface area contributed by atoms with Crippen molar-refractivity contribution < 1.29 is 18.7 Å². The monoisotopic (exact) mass is 535 g/mol. The molecule has 0 saturated heterocycles. The van der Waals surface area contributed by atoms with Gasteiger partial charge in [0.2, 0.25) is 17.8 Å². The molecule has 2 heterocycles. The van der Waals surface area contributed by atoms with E-state index in [0.29, 0.717) is 49.2 Å². The number of primary amides is 1. The van der Waals surface area contributed by atoms with Crippen LogP contribution in [0.2, 0.25) is 5.02 Å². The number of imidazole rings is 1. The molecule has 4 rings (SSSR count). The van der Waals surface area contributed by atoms with E-state index in [1.165, 1.54) is 0 Å². The Labute approximate surface area is 218 Å². The van der Waals surface area contributed by atoms with Gasteiger partial charge < -0.3 is 21.5 Å². The summed E-state index contributed by atoms with van der Waals surface area (Å²) in [6.07, 6.45) is 4.95. The zero-order valence-electron chi connectivity index (χ0n) is 21.1. The highest BCUT2D eigenvalue weighted by Gasteiger charge is 2.29. The smallest absolute Gasteiger partial charge is 0.224 e. The number of carbonyl (C=O) groups is 1. The van der Waals surface area contributed by atoms with E-state index in [2.05, 4.69) is 25.6 Å². The highest BCUT2D eigenvalue weighted by molar-refractivity contribution is 6.30. The first-order valence-corrected chi connectivity index (χ1v) is 12.8. The predicted molar refractivity (Wildman–Crippen MR) is 139 cm³/mol. The number of rotatable bonds is 10. The third kappa shape index (κ3) is 5.93. The van der Waals surface area contributed by atoms with Crippen molar-refractivity contribution >= 4 is 46.3 Å². The number of aliphatic hydroxyl groups is 1. The van der Waals surface area contributed by atoms with Crippen molar-refractivity contribution in [2.45, 2.75) is 77.5 Å². The largest absolute Gasteiger partial charge is 0.393 e. The van der Waals surface area contributed by atoms with Crippen LogP contribution in [-0.4, -0.2) is 42.7 Å². The lowest BCUT2D eigenvalue weighted by molar-refractivity contribution is -0.126. The molecule has 0 bridgehead atoms. The van der Waals surface area contributed by atoms with E-state index in [1.807, 2.05) is 6.92 Å². The zero-order chi connectivity index (χ0) is 26.9. The van der Waals surface area contributed by atoms with Gasteiger partial charge in [0.05, 0.1) is 12.3 Å². The van der Waals surface area contributed by atoms with Crippen molar-refractivity contribution in [3.05, 3.63) is 35.0 Å². The standard InChI is InChI=1S/C25H32ClF2N7O2/c1-4-15(7-8-25(2,3)22(29)37)35-21-19(12-30-23(34-21)31-14-5-6-16(36)11-14)32-24(35)33-20-17(27)9-13(26)10-18(20)28/h9-10,12,14-16,36H,4-8,11H2,1-3H3,(H2,29,37)(H,32,33)(H,30,31,34)/t14-,15-,16-/m0/s1. The summed E-state index contributed by atoms with van der Waals surface area (Å²) >= 11 is 5.79. The van der Waals surface area contributed by atoms with Crippen molar-refractivity contribution in [1.82, 2.24) is 19.5 Å². The Balaban J connectivity index is 1.76. The molecular formula is C25H32ClF2N7O2. The number of nitrogens with one attached hydrogen (secondary N) is 2. The van der Waals surface area contributed by atoms with Gasteiger partial charge in [0.25, 0.3) is 0 Å². The van der Waals surface area contributed by atoms with Gasteiger partial charge in [0.1, 0.15) is 11.2 Å². The Morgan fingerprint density at radius 1 is 1.30 bits per heavy atom. The topological polar surface area (TPSA) is 131 Å². The lowest BCUT2D eigenvalue weighted by Gasteiger charge is -2.26. The molecule has 1 aliphatic carbocycles. The van der Waals surface area contributed by atoms with Crippen molar-refractivity contribution in [2.75, 3.05) is 10.6 Å². The summed E-state index contributed by atoms with van der Waals surface area (Å²) in [7, 11) is 0. The van der Waals surface area contributed by atoms with Gasteiger partial charge in [-0.15, -0.1) is 0 Å². The van der Waals surface area contributed by atoms with E-state index < -0.39 is 23.0 Å². The van der Waals surface area contributed by atoms with Crippen LogP contribution in [-0.2, 0) is 4.79 Å². The van der Waals surface area contributed by atoms with E-state index >= 15 is 0 Å². The highest BCUT2D eigenvalue weighted by atomic mass is 35.5. The summed E-state index contributed by atoms with van der Waals surface area (Å²) < 4.78 is 31.1. The number of carbonyl (C=O) groups excluding carboxylic acids is 1. The SMILES string of the molecule is CC[C@@H](CCC(C)(C)C(N)=O)n1c(Nc2c(F)cc(Cl)cc2F)nc2cnc(N[C@H]3CC[C@H](O)C3)nc21. The molecule has 3 atom stereocenters. The van der Waals surface area contributed by atoms with Crippen molar-refractivity contribution in [3.63, 3.8) is 0 Å². The van der Waals surface area contributed by atoms with Crippen LogP contribution in [0.1, 0.15) is 65.3 Å². The first kappa shape index (κ1) is 27.0. The molecule has 0 aliphatic heterocycles. The minimum Gasteiger partial charge on any atom is -0.393 e. The number of aliphatic hydroxyl groups excluding tert-OH is 1. The maximum absolute atomic E-state index is 14.6. The number of aromatic nitrogens is 4. The Morgan fingerprint density at radius 2 is 2.00 bits per heavy atom. The molecule has 3 aromatic rings. The fourth-order valence-corrected chi connectivity index (χ4v) is 4.80. The third-order valence-electron chi connectivity index (χ3n) is 7.02. The molecule has 1 fully saturated rings. The van der Waals surface area contributed by atoms with E-state index in [4.69, 9.17) is 17.3 Å². The minimum atomic E-state index is -0.861. The minimum absolute atomic E-state index is 0.0389. The van der Waals surface area contributed by atoms with Crippen molar-refractivity contribution in [1.29, 1.82) is 0 Å². The number of hydrogen-bond donors (Lipinski definition) is 4. The number of anilines is 3. The predicted octanol–water partition coefficient (Wildman–Crippen LogP) is 5.07. The maximum atomic E-state index is 14.6. The molecule has 1 amide bonds. The molecule has 37 heavy (non-hydrogen) atoms. The molecule has 12 heteroatoms. The van der Waals surface area contributed by atoms with Crippen molar-refractivity contribution in [3.8, 4) is 0 Å². The number of halogens is 3. The van der Waals surface area contributed by atoms with Crippen LogP contribution in [0.15, 0.2) is 18.3 Å². The Bertz CT molecular complexity index is 1280. The van der Waals surface area contributed by atoms with E-state index in [1.54, 1.807) is 24.6 Å². The van der Waals surface area contributed by atoms with Crippen LogP contribution in [0.3, 0.4) is 0 Å². The van der Waals surface area contributed by atoms with Gasteiger partial charge in [-0.25, -0.2) is 18.7 Å². The summed E-state index contributed by atoms with van der Waals surface area (Å²) in [5.74, 6) is -1.58. The molecular weight excluding hydrogens is 504 g/mol. The van der Waals surface area contributed by atoms with E-state index in [-0.39, 0.29) is 34.8 Å². The van der Waals surface area contributed by atoms with Gasteiger partial charge in [-0.2, -0.15) is 4.98 Å². The third-order valence-corrected chi connectivity index (χ3v) is 7.24. The van der Waals surface area contributed by atoms with Crippen LogP contribution in [0, 0.1) is 17.0 Å². The summed E-state index contributed by atoms with van der Waals surface area (Å²) in [6.45, 7) is 5.54. The molecule has 0 spiro atoms. The number of hydrogen-bond acceptors (Lipinski definition) is 7. The van der Waals surface area contributed by atoms with Gasteiger partial charge in [0, 0.05) is 22.5 Å². The van der Waals surface area contributed by atoms with Crippen LogP contribution in [0.4, 0.5) is 26.4 Å². The number of fused-ring (bicyclic) bond motifs is 1. The van der Waals surface area contributed by atoms with Gasteiger partial charge >= 0.3 is 0 Å². The maximum Gasteiger partial charge on any atom is 0.224 e. The van der Waals surface area contributed by atoms with Crippen LogP contribution >= 0.6 is 11.6 Å². The summed E-state index contributed by atoms with van der Waals surface area (Å²) in [4.78, 5) is 25.5. The van der Waals surface area contributed by atoms with E-state index in [0.717, 1.165) is 18.6 Å². The number of nitrogens with zero attached hydrogens (tertiary/aromatic N) is 4. The van der Waals surface area contributed by atoms with Crippen molar-refractivity contribution in [2.24, 2.45) is 11.1 Å². The van der Waals surface area contributed by atoms with Gasteiger partial charge in [0.15, 0.2) is 17.3 Å². The molecule has 1 aromatic carbocycles. The molecule has 0 unspecified atom stereocenters. The fourth-order valence-electron chi connectivity index (χ4n) is 4.61. The molecule has 1 saturated carbocycles.